The zero-order valence-corrected chi connectivity index (χ0v) is 19.9. The van der Waals surface area contributed by atoms with Crippen LogP contribution in [-0.4, -0.2) is 36.0 Å². The number of rotatable bonds is 6. The number of carbonyl (C=O) groups excluding carboxylic acids is 1. The zero-order chi connectivity index (χ0) is 25.4. The third-order valence-electron chi connectivity index (χ3n) is 6.14. The Morgan fingerprint density at radius 3 is 2.70 bits per heavy atom. The highest BCUT2D eigenvalue weighted by Gasteiger charge is 2.16. The van der Waals surface area contributed by atoms with Gasteiger partial charge in [-0.05, 0) is 42.8 Å². The first-order valence-electron chi connectivity index (χ1n) is 11.9. The minimum absolute atomic E-state index is 0.0482. The number of hydrogen-bond donors (Lipinski definition) is 3. The van der Waals surface area contributed by atoms with Gasteiger partial charge in [-0.3, -0.25) is 24.8 Å². The number of anilines is 1. The Kier molecular flexibility index (Phi) is 5.65. The van der Waals surface area contributed by atoms with E-state index in [1.54, 1.807) is 30.9 Å². The molecule has 0 bridgehead atoms. The van der Waals surface area contributed by atoms with E-state index in [0.717, 1.165) is 45.2 Å². The summed E-state index contributed by atoms with van der Waals surface area (Å²) in [5.74, 6) is -0.359. The van der Waals surface area contributed by atoms with Gasteiger partial charge in [0.2, 0.25) is 5.91 Å². The Balaban J connectivity index is 1.40. The molecule has 0 aliphatic rings. The maximum absolute atomic E-state index is 13.9. The second-order valence-electron chi connectivity index (χ2n) is 8.76. The van der Waals surface area contributed by atoms with E-state index in [0.29, 0.717) is 29.1 Å². The fourth-order valence-corrected chi connectivity index (χ4v) is 4.43. The predicted octanol–water partition coefficient (Wildman–Crippen LogP) is 6.11. The van der Waals surface area contributed by atoms with Crippen LogP contribution in [-0.2, 0) is 4.79 Å². The minimum atomic E-state index is -0.311. The fourth-order valence-electron chi connectivity index (χ4n) is 4.43. The van der Waals surface area contributed by atoms with Crippen LogP contribution >= 0.6 is 0 Å². The molecule has 9 heteroatoms. The van der Waals surface area contributed by atoms with Crippen molar-refractivity contribution in [2.75, 3.05) is 5.32 Å². The van der Waals surface area contributed by atoms with Gasteiger partial charge in [-0.15, -0.1) is 0 Å². The monoisotopic (exact) mass is 491 g/mol. The predicted molar refractivity (Wildman–Crippen MR) is 141 cm³/mol. The van der Waals surface area contributed by atoms with Crippen LogP contribution in [0.4, 0.5) is 10.1 Å². The summed E-state index contributed by atoms with van der Waals surface area (Å²) in [5, 5.41) is 12.2. The largest absolute Gasteiger partial charge is 0.353 e. The smallest absolute Gasteiger partial charge is 0.224 e. The van der Waals surface area contributed by atoms with Gasteiger partial charge in [0.05, 0.1) is 40.7 Å². The normalized spacial score (nSPS) is 11.3. The lowest BCUT2D eigenvalue weighted by molar-refractivity contribution is -0.116. The number of benzene rings is 1. The van der Waals surface area contributed by atoms with E-state index in [1.165, 1.54) is 12.1 Å². The SMILES string of the molecule is CCCC(=O)Nc1cncc(-c2cc3c(-c4cc5c(-c6cccc(F)c6)nccc5[nH]4)n[nH]c3cn2)c1. The van der Waals surface area contributed by atoms with E-state index >= 15 is 0 Å². The summed E-state index contributed by atoms with van der Waals surface area (Å²) < 4.78 is 13.9. The number of halogens is 1. The van der Waals surface area contributed by atoms with Crippen molar-refractivity contribution in [2.45, 2.75) is 19.8 Å². The molecule has 0 saturated carbocycles. The molecule has 0 atom stereocenters. The average Bonchev–Trinajstić information content (AvgIpc) is 3.52. The van der Waals surface area contributed by atoms with Gasteiger partial charge in [-0.2, -0.15) is 5.10 Å². The molecule has 0 spiro atoms. The van der Waals surface area contributed by atoms with E-state index in [1.807, 2.05) is 37.3 Å². The highest BCUT2D eigenvalue weighted by molar-refractivity contribution is 6.00. The highest BCUT2D eigenvalue weighted by atomic mass is 19.1. The van der Waals surface area contributed by atoms with E-state index in [-0.39, 0.29) is 11.7 Å². The van der Waals surface area contributed by atoms with Crippen LogP contribution in [0.1, 0.15) is 19.8 Å². The summed E-state index contributed by atoms with van der Waals surface area (Å²) >= 11 is 0. The number of nitrogens with zero attached hydrogens (tertiary/aromatic N) is 4. The first-order valence-corrected chi connectivity index (χ1v) is 11.9. The number of fused-ring (bicyclic) bond motifs is 2. The number of pyridine rings is 3. The number of nitrogens with one attached hydrogen (secondary N) is 3. The van der Waals surface area contributed by atoms with Gasteiger partial charge >= 0.3 is 0 Å². The van der Waals surface area contributed by atoms with Gasteiger partial charge in [-0.25, -0.2) is 4.39 Å². The van der Waals surface area contributed by atoms with Crippen LogP contribution in [0.15, 0.2) is 73.3 Å². The lowest BCUT2D eigenvalue weighted by Crippen LogP contribution is -2.10. The first-order chi connectivity index (χ1) is 18.1. The molecular weight excluding hydrogens is 469 g/mol. The fraction of sp³-hybridized carbons (Fsp3) is 0.107. The molecule has 0 fully saturated rings. The molecule has 0 saturated heterocycles. The van der Waals surface area contributed by atoms with Crippen molar-refractivity contribution in [3.63, 3.8) is 0 Å². The number of amides is 1. The Morgan fingerprint density at radius 2 is 1.84 bits per heavy atom. The minimum Gasteiger partial charge on any atom is -0.353 e. The number of hydrogen-bond acceptors (Lipinski definition) is 5. The van der Waals surface area contributed by atoms with Crippen molar-refractivity contribution >= 4 is 33.4 Å². The van der Waals surface area contributed by atoms with Crippen LogP contribution in [0.3, 0.4) is 0 Å². The van der Waals surface area contributed by atoms with Gasteiger partial charge in [-0.1, -0.05) is 19.1 Å². The Morgan fingerprint density at radius 1 is 0.946 bits per heavy atom. The maximum atomic E-state index is 13.9. The third-order valence-corrected chi connectivity index (χ3v) is 6.14. The van der Waals surface area contributed by atoms with Crippen molar-refractivity contribution in [1.29, 1.82) is 0 Å². The van der Waals surface area contributed by atoms with Gasteiger partial charge in [0, 0.05) is 46.2 Å². The van der Waals surface area contributed by atoms with Crippen LogP contribution in [0, 0.1) is 5.82 Å². The van der Waals surface area contributed by atoms with Crippen LogP contribution in [0.5, 0.6) is 0 Å². The van der Waals surface area contributed by atoms with E-state index in [2.05, 4.69) is 35.5 Å². The molecule has 3 N–H and O–H groups in total. The van der Waals surface area contributed by atoms with Gasteiger partial charge < -0.3 is 10.3 Å². The molecule has 182 valence electrons. The first kappa shape index (κ1) is 22.5. The molecule has 6 rings (SSSR count). The molecule has 0 aliphatic carbocycles. The van der Waals surface area contributed by atoms with Crippen molar-refractivity contribution in [1.82, 2.24) is 30.1 Å². The summed E-state index contributed by atoms with van der Waals surface area (Å²) in [4.78, 5) is 28.8. The standard InChI is InChI=1S/C28H22FN7O/c1-2-4-26(37)33-19-10-17(13-30-14-19)23-11-21-25(15-32-23)35-36-28(21)24-12-20-22(34-24)7-8-31-27(20)16-5-3-6-18(29)9-16/h3,5-15,34H,2,4H2,1H3,(H,33,37)(H,35,36). The second-order valence-corrected chi connectivity index (χ2v) is 8.76. The lowest BCUT2D eigenvalue weighted by atomic mass is 10.1. The van der Waals surface area contributed by atoms with Gasteiger partial charge in [0.1, 0.15) is 11.5 Å². The van der Waals surface area contributed by atoms with Crippen LogP contribution in [0.2, 0.25) is 0 Å². The van der Waals surface area contributed by atoms with Crippen molar-refractivity contribution in [2.24, 2.45) is 0 Å². The second kappa shape index (κ2) is 9.27. The molecule has 0 aliphatic heterocycles. The quantitative estimate of drug-likeness (QED) is 0.260. The molecule has 6 aromatic rings. The molecule has 37 heavy (non-hydrogen) atoms. The summed E-state index contributed by atoms with van der Waals surface area (Å²) in [6.45, 7) is 1.96. The number of aromatic nitrogens is 6. The van der Waals surface area contributed by atoms with E-state index < -0.39 is 0 Å². The molecular formula is C28H22FN7O. The number of aromatic amines is 2. The van der Waals surface area contributed by atoms with Crippen molar-refractivity contribution in [3.05, 3.63) is 79.1 Å². The number of H-pyrrole nitrogens is 2. The third kappa shape index (κ3) is 4.31. The molecule has 5 heterocycles. The van der Waals surface area contributed by atoms with Crippen LogP contribution < -0.4 is 5.32 Å². The molecule has 8 nitrogen and oxygen atoms in total. The molecule has 0 unspecified atom stereocenters. The van der Waals surface area contributed by atoms with Crippen molar-refractivity contribution in [3.8, 4) is 33.9 Å². The lowest BCUT2D eigenvalue weighted by Gasteiger charge is -2.06. The Bertz CT molecular complexity index is 1770. The summed E-state index contributed by atoms with van der Waals surface area (Å²) in [6.07, 6.45) is 7.98. The van der Waals surface area contributed by atoms with Crippen LogP contribution in [0.25, 0.3) is 55.7 Å². The molecule has 5 aromatic heterocycles. The van der Waals surface area contributed by atoms with Gasteiger partial charge in [0.15, 0.2) is 0 Å². The topological polar surface area (TPSA) is 112 Å². The molecule has 1 amide bonds. The Hall–Kier alpha value is -4.92. The maximum Gasteiger partial charge on any atom is 0.224 e. The summed E-state index contributed by atoms with van der Waals surface area (Å²) in [7, 11) is 0. The van der Waals surface area contributed by atoms with E-state index in [9.17, 15) is 9.18 Å². The zero-order valence-electron chi connectivity index (χ0n) is 19.9. The van der Waals surface area contributed by atoms with Crippen molar-refractivity contribution < 1.29 is 9.18 Å². The van der Waals surface area contributed by atoms with E-state index in [4.69, 9.17) is 0 Å². The summed E-state index contributed by atoms with van der Waals surface area (Å²) in [5.41, 5.74) is 6.66. The molecule has 0 radical (unpaired) electrons. The summed E-state index contributed by atoms with van der Waals surface area (Å²) in [6, 6.07) is 14.1. The Labute approximate surface area is 211 Å². The number of carbonyl (C=O) groups is 1. The van der Waals surface area contributed by atoms with Gasteiger partial charge in [0.25, 0.3) is 0 Å². The highest BCUT2D eigenvalue weighted by Crippen LogP contribution is 2.34. The molecule has 1 aromatic carbocycles. The average molecular weight is 492 g/mol.